The number of carbonyl (C=O) groups is 2. The lowest BCUT2D eigenvalue weighted by Gasteiger charge is -2.24. The number of carbonyl (C=O) groups excluding carboxylic acids is 2. The van der Waals surface area contributed by atoms with Crippen LogP contribution in [0.5, 0.6) is 0 Å². The van der Waals surface area contributed by atoms with E-state index in [9.17, 15) is 9.59 Å². The van der Waals surface area contributed by atoms with Crippen LogP contribution in [0, 0.1) is 0 Å². The summed E-state index contributed by atoms with van der Waals surface area (Å²) in [6.07, 6.45) is 0.158. The normalized spacial score (nSPS) is 17.6. The Morgan fingerprint density at radius 1 is 1.25 bits per heavy atom. The maximum atomic E-state index is 12.3. The summed E-state index contributed by atoms with van der Waals surface area (Å²) in [5.74, 6) is -0.248. The van der Waals surface area contributed by atoms with Crippen LogP contribution in [0.1, 0.15) is 24.9 Å². The molecule has 0 saturated heterocycles. The van der Waals surface area contributed by atoms with E-state index in [1.54, 1.807) is 0 Å². The third-order valence-corrected chi connectivity index (χ3v) is 5.63. The molecular formula is C18H17BrN2O2S. The largest absolute Gasteiger partial charge is 0.350 e. The van der Waals surface area contributed by atoms with Gasteiger partial charge in [0, 0.05) is 15.8 Å². The van der Waals surface area contributed by atoms with Gasteiger partial charge in [-0.25, -0.2) is 0 Å². The molecule has 2 atom stereocenters. The van der Waals surface area contributed by atoms with E-state index >= 15 is 0 Å². The van der Waals surface area contributed by atoms with E-state index in [-0.39, 0.29) is 24.3 Å². The summed E-state index contributed by atoms with van der Waals surface area (Å²) in [6.45, 7) is 1.94. The van der Waals surface area contributed by atoms with Gasteiger partial charge in [-0.15, -0.1) is 11.8 Å². The van der Waals surface area contributed by atoms with Crippen LogP contribution in [0.15, 0.2) is 57.9 Å². The molecule has 0 saturated carbocycles. The summed E-state index contributed by atoms with van der Waals surface area (Å²) >= 11 is 4.84. The number of benzene rings is 2. The maximum absolute atomic E-state index is 12.3. The Balaban J connectivity index is 1.61. The van der Waals surface area contributed by atoms with Gasteiger partial charge in [0.05, 0.1) is 17.0 Å². The third kappa shape index (κ3) is 3.99. The molecule has 0 bridgehead atoms. The molecule has 0 aromatic heterocycles. The molecule has 2 amide bonds. The van der Waals surface area contributed by atoms with E-state index in [0.29, 0.717) is 0 Å². The van der Waals surface area contributed by atoms with E-state index in [1.807, 2.05) is 55.5 Å². The van der Waals surface area contributed by atoms with Gasteiger partial charge < -0.3 is 10.6 Å². The topological polar surface area (TPSA) is 58.2 Å². The van der Waals surface area contributed by atoms with Crippen molar-refractivity contribution >= 4 is 45.2 Å². The molecule has 0 fully saturated rings. The second-order valence-corrected chi connectivity index (χ2v) is 7.80. The Morgan fingerprint density at radius 3 is 2.71 bits per heavy atom. The first-order valence-electron chi connectivity index (χ1n) is 7.64. The highest BCUT2D eigenvalue weighted by Crippen LogP contribution is 2.36. The van der Waals surface area contributed by atoms with E-state index in [1.165, 1.54) is 11.8 Å². The van der Waals surface area contributed by atoms with Crippen LogP contribution in [-0.2, 0) is 9.59 Å². The molecule has 2 aromatic carbocycles. The summed E-state index contributed by atoms with van der Waals surface area (Å²) in [4.78, 5) is 25.5. The Morgan fingerprint density at radius 2 is 1.96 bits per heavy atom. The molecule has 3 rings (SSSR count). The fourth-order valence-electron chi connectivity index (χ4n) is 2.53. The Bertz CT molecular complexity index is 764. The van der Waals surface area contributed by atoms with Gasteiger partial charge in [-0.3, -0.25) is 9.59 Å². The predicted octanol–water partition coefficient (Wildman–Crippen LogP) is 4.13. The molecule has 24 heavy (non-hydrogen) atoms. The van der Waals surface area contributed by atoms with Gasteiger partial charge in [0.1, 0.15) is 0 Å². The van der Waals surface area contributed by atoms with E-state index in [2.05, 4.69) is 26.6 Å². The number of fused-ring (bicyclic) bond motifs is 1. The highest BCUT2D eigenvalue weighted by Gasteiger charge is 2.29. The number of hydrogen-bond acceptors (Lipinski definition) is 3. The lowest BCUT2D eigenvalue weighted by Crippen LogP contribution is -2.35. The van der Waals surface area contributed by atoms with Gasteiger partial charge in [-0.2, -0.15) is 0 Å². The summed E-state index contributed by atoms with van der Waals surface area (Å²) < 4.78 is 0.999. The molecule has 124 valence electrons. The van der Waals surface area contributed by atoms with Crippen LogP contribution in [0.3, 0.4) is 0 Å². The van der Waals surface area contributed by atoms with Crippen LogP contribution in [0.2, 0.25) is 0 Å². The first-order valence-corrected chi connectivity index (χ1v) is 9.31. The molecule has 0 aliphatic carbocycles. The minimum atomic E-state index is -0.406. The summed E-state index contributed by atoms with van der Waals surface area (Å²) in [7, 11) is 0. The van der Waals surface area contributed by atoms with Gasteiger partial charge in [0.2, 0.25) is 11.8 Å². The molecule has 4 nitrogen and oxygen atoms in total. The van der Waals surface area contributed by atoms with Crippen molar-refractivity contribution in [2.24, 2.45) is 0 Å². The molecule has 1 heterocycles. The maximum Gasteiger partial charge on any atom is 0.238 e. The first kappa shape index (κ1) is 17.0. The number of halogens is 1. The van der Waals surface area contributed by atoms with Crippen molar-refractivity contribution in [1.29, 1.82) is 0 Å². The standard InChI is InChI=1S/C18H17BrN2O2S/c1-11(12-6-8-13(19)9-7-12)20-17(22)10-16-18(23)21-14-4-2-3-5-15(14)24-16/h2-9,11,16H,10H2,1H3,(H,20,22)(H,21,23)/t11-,16+/m0/s1. The van der Waals surface area contributed by atoms with Gasteiger partial charge in [-0.1, -0.05) is 40.2 Å². The molecule has 6 heteroatoms. The Kier molecular flexibility index (Phi) is 5.26. The molecule has 1 aliphatic rings. The molecule has 2 N–H and O–H groups in total. The van der Waals surface area contributed by atoms with Crippen molar-refractivity contribution in [3.05, 3.63) is 58.6 Å². The predicted molar refractivity (Wildman–Crippen MR) is 100 cm³/mol. The number of thioether (sulfide) groups is 1. The molecule has 1 aliphatic heterocycles. The number of rotatable bonds is 4. The molecule has 0 unspecified atom stereocenters. The fraction of sp³-hybridized carbons (Fsp3) is 0.222. The third-order valence-electron chi connectivity index (χ3n) is 3.82. The van der Waals surface area contributed by atoms with Crippen molar-refractivity contribution in [1.82, 2.24) is 5.32 Å². The second kappa shape index (κ2) is 7.40. The van der Waals surface area contributed by atoms with Crippen LogP contribution in [-0.4, -0.2) is 17.1 Å². The smallest absolute Gasteiger partial charge is 0.238 e. The summed E-state index contributed by atoms with van der Waals surface area (Å²) in [6, 6.07) is 15.3. The number of nitrogens with one attached hydrogen (secondary N) is 2. The second-order valence-electron chi connectivity index (χ2n) is 5.64. The van der Waals surface area contributed by atoms with Crippen molar-refractivity contribution in [3.63, 3.8) is 0 Å². The zero-order chi connectivity index (χ0) is 17.1. The average Bonchev–Trinajstić information content (AvgIpc) is 2.56. The number of amides is 2. The van der Waals surface area contributed by atoms with Gasteiger partial charge >= 0.3 is 0 Å². The fourth-order valence-corrected chi connectivity index (χ4v) is 3.91. The molecule has 2 aromatic rings. The average molecular weight is 405 g/mol. The van der Waals surface area contributed by atoms with Gasteiger partial charge in [-0.05, 0) is 36.8 Å². The first-order chi connectivity index (χ1) is 11.5. The molecule has 0 spiro atoms. The van der Waals surface area contributed by atoms with E-state index in [4.69, 9.17) is 0 Å². The lowest BCUT2D eigenvalue weighted by molar-refractivity contribution is -0.124. The minimum absolute atomic E-state index is 0.102. The highest BCUT2D eigenvalue weighted by atomic mass is 79.9. The summed E-state index contributed by atoms with van der Waals surface area (Å²) in [5, 5.41) is 5.42. The lowest BCUT2D eigenvalue weighted by atomic mass is 10.1. The number of para-hydroxylation sites is 1. The Labute approximate surface area is 153 Å². The highest BCUT2D eigenvalue weighted by molar-refractivity contribution is 9.10. The monoisotopic (exact) mass is 404 g/mol. The molecular weight excluding hydrogens is 388 g/mol. The van der Waals surface area contributed by atoms with Crippen molar-refractivity contribution < 1.29 is 9.59 Å². The molecule has 0 radical (unpaired) electrons. The number of hydrogen-bond donors (Lipinski definition) is 2. The van der Waals surface area contributed by atoms with Crippen molar-refractivity contribution in [2.45, 2.75) is 29.5 Å². The van der Waals surface area contributed by atoms with Crippen LogP contribution < -0.4 is 10.6 Å². The van der Waals surface area contributed by atoms with E-state index < -0.39 is 5.25 Å². The van der Waals surface area contributed by atoms with Crippen molar-refractivity contribution in [2.75, 3.05) is 5.32 Å². The Hall–Kier alpha value is -1.79. The van der Waals surface area contributed by atoms with Crippen LogP contribution in [0.25, 0.3) is 0 Å². The van der Waals surface area contributed by atoms with Gasteiger partial charge in [0.25, 0.3) is 0 Å². The SMILES string of the molecule is C[C@H](NC(=O)C[C@H]1Sc2ccccc2NC1=O)c1ccc(Br)cc1. The van der Waals surface area contributed by atoms with Gasteiger partial charge in [0.15, 0.2) is 0 Å². The van der Waals surface area contributed by atoms with Crippen molar-refractivity contribution in [3.8, 4) is 0 Å². The quantitative estimate of drug-likeness (QED) is 0.804. The minimum Gasteiger partial charge on any atom is -0.350 e. The summed E-state index contributed by atoms with van der Waals surface area (Å²) in [5.41, 5.74) is 1.84. The van der Waals surface area contributed by atoms with E-state index in [0.717, 1.165) is 20.6 Å². The van der Waals surface area contributed by atoms with Crippen LogP contribution >= 0.6 is 27.7 Å². The zero-order valence-electron chi connectivity index (χ0n) is 13.1. The number of anilines is 1. The zero-order valence-corrected chi connectivity index (χ0v) is 15.5. The van der Waals surface area contributed by atoms with Crippen LogP contribution in [0.4, 0.5) is 5.69 Å².